The molecule has 0 bridgehead atoms. The van der Waals surface area contributed by atoms with Gasteiger partial charge in [0.05, 0.1) is 13.0 Å². The van der Waals surface area contributed by atoms with E-state index in [2.05, 4.69) is 11.9 Å². The molecule has 0 unspecified atom stereocenters. The molecule has 4 heteroatoms. The zero-order valence-corrected chi connectivity index (χ0v) is 12.4. The van der Waals surface area contributed by atoms with Gasteiger partial charge in [0, 0.05) is 13.1 Å². The highest BCUT2D eigenvalue weighted by molar-refractivity contribution is 5.76. The maximum absolute atomic E-state index is 12.1. The minimum absolute atomic E-state index is 0.176. The molecule has 1 aliphatic rings. The fourth-order valence-corrected chi connectivity index (χ4v) is 2.54. The predicted octanol–water partition coefficient (Wildman–Crippen LogP) is 2.01. The number of nitrogens with zero attached hydrogens (tertiary/aromatic N) is 2. The molecule has 1 amide bonds. The van der Waals surface area contributed by atoms with Crippen LogP contribution in [-0.2, 0) is 4.79 Å². The molecule has 1 heterocycles. The fourth-order valence-electron chi connectivity index (χ4n) is 2.54. The van der Waals surface area contributed by atoms with E-state index < -0.39 is 0 Å². The van der Waals surface area contributed by atoms with Gasteiger partial charge in [-0.25, -0.2) is 0 Å². The number of hydrogen-bond donors (Lipinski definition) is 0. The molecule has 1 aliphatic heterocycles. The summed E-state index contributed by atoms with van der Waals surface area (Å²) in [6, 6.07) is 10.0. The van der Waals surface area contributed by atoms with Gasteiger partial charge in [0.2, 0.25) is 5.91 Å². The number of benzene rings is 1. The molecule has 1 fully saturated rings. The number of carbonyl (C=O) groups is 1. The molecule has 110 valence electrons. The minimum atomic E-state index is 0.176. The third kappa shape index (κ3) is 4.23. The Balaban J connectivity index is 1.71. The van der Waals surface area contributed by atoms with Crippen LogP contribution in [0.4, 0.5) is 0 Å². The lowest BCUT2D eigenvalue weighted by Crippen LogP contribution is -2.44. The summed E-state index contributed by atoms with van der Waals surface area (Å²) in [5.41, 5.74) is 0. The van der Waals surface area contributed by atoms with Crippen LogP contribution in [0.15, 0.2) is 30.3 Å². The van der Waals surface area contributed by atoms with Crippen molar-refractivity contribution >= 4 is 5.91 Å². The molecule has 0 aliphatic carbocycles. The molecule has 0 saturated carbocycles. The van der Waals surface area contributed by atoms with Crippen molar-refractivity contribution in [2.45, 2.75) is 25.3 Å². The first-order valence-electron chi connectivity index (χ1n) is 7.29. The molecule has 0 spiro atoms. The van der Waals surface area contributed by atoms with Crippen LogP contribution in [0, 0.1) is 0 Å². The minimum Gasteiger partial charge on any atom is -0.493 e. The van der Waals surface area contributed by atoms with Gasteiger partial charge in [-0.15, -0.1) is 0 Å². The average molecular weight is 276 g/mol. The van der Waals surface area contributed by atoms with Gasteiger partial charge in [-0.3, -0.25) is 4.79 Å². The highest BCUT2D eigenvalue weighted by Gasteiger charge is 2.23. The summed E-state index contributed by atoms with van der Waals surface area (Å²) >= 11 is 0. The Bertz CT molecular complexity index is 414. The zero-order chi connectivity index (χ0) is 14.4. The number of rotatable bonds is 5. The SMILES string of the molecule is CN1CCC(N(C)C(=O)CCOc2ccccc2)CC1. The lowest BCUT2D eigenvalue weighted by molar-refractivity contribution is -0.133. The summed E-state index contributed by atoms with van der Waals surface area (Å²) < 4.78 is 5.58. The van der Waals surface area contributed by atoms with Crippen LogP contribution in [-0.4, -0.2) is 55.5 Å². The first-order chi connectivity index (χ1) is 9.66. The normalized spacial score (nSPS) is 16.9. The molecule has 1 saturated heterocycles. The molecule has 20 heavy (non-hydrogen) atoms. The van der Waals surface area contributed by atoms with E-state index in [0.717, 1.165) is 31.7 Å². The number of ether oxygens (including phenoxy) is 1. The summed E-state index contributed by atoms with van der Waals surface area (Å²) in [6.07, 6.45) is 2.58. The van der Waals surface area contributed by atoms with Crippen molar-refractivity contribution in [3.8, 4) is 5.75 Å². The summed E-state index contributed by atoms with van der Waals surface area (Å²) in [4.78, 5) is 16.4. The number of amides is 1. The summed E-state index contributed by atoms with van der Waals surface area (Å²) in [5.74, 6) is 0.998. The van der Waals surface area contributed by atoms with Gasteiger partial charge in [0.1, 0.15) is 5.75 Å². The molecule has 1 aromatic carbocycles. The summed E-state index contributed by atoms with van der Waals surface area (Å²) in [5, 5.41) is 0. The van der Waals surface area contributed by atoms with Gasteiger partial charge >= 0.3 is 0 Å². The van der Waals surface area contributed by atoms with Crippen LogP contribution in [0.5, 0.6) is 5.75 Å². The number of piperidine rings is 1. The van der Waals surface area contributed by atoms with Crippen molar-refractivity contribution in [2.75, 3.05) is 33.8 Å². The van der Waals surface area contributed by atoms with Crippen LogP contribution in [0.25, 0.3) is 0 Å². The molecule has 1 aromatic rings. The van der Waals surface area contributed by atoms with Crippen LogP contribution >= 0.6 is 0 Å². The Morgan fingerprint density at radius 2 is 1.95 bits per heavy atom. The van der Waals surface area contributed by atoms with Crippen molar-refractivity contribution in [3.63, 3.8) is 0 Å². The molecular weight excluding hydrogens is 252 g/mol. The van der Waals surface area contributed by atoms with E-state index in [1.165, 1.54) is 0 Å². The summed E-state index contributed by atoms with van der Waals surface area (Å²) in [7, 11) is 4.05. The summed E-state index contributed by atoms with van der Waals surface area (Å²) in [6.45, 7) is 2.59. The first kappa shape index (κ1) is 14.9. The van der Waals surface area contributed by atoms with Gasteiger partial charge in [0.25, 0.3) is 0 Å². The Kier molecular flexibility index (Phi) is 5.41. The molecule has 0 atom stereocenters. The second-order valence-electron chi connectivity index (χ2n) is 5.45. The van der Waals surface area contributed by atoms with Crippen LogP contribution in [0.3, 0.4) is 0 Å². The van der Waals surface area contributed by atoms with Crippen LogP contribution in [0.1, 0.15) is 19.3 Å². The smallest absolute Gasteiger partial charge is 0.225 e. The third-order valence-corrected chi connectivity index (χ3v) is 3.96. The zero-order valence-electron chi connectivity index (χ0n) is 12.4. The van der Waals surface area contributed by atoms with E-state index in [0.29, 0.717) is 19.1 Å². The number of carbonyl (C=O) groups excluding carboxylic acids is 1. The average Bonchev–Trinajstić information content (AvgIpc) is 2.48. The van der Waals surface area contributed by atoms with E-state index in [1.54, 1.807) is 0 Å². The molecule has 4 nitrogen and oxygen atoms in total. The second-order valence-corrected chi connectivity index (χ2v) is 5.45. The van der Waals surface area contributed by atoms with Crippen molar-refractivity contribution < 1.29 is 9.53 Å². The van der Waals surface area contributed by atoms with E-state index in [4.69, 9.17) is 4.74 Å². The largest absolute Gasteiger partial charge is 0.493 e. The Labute approximate surface area is 121 Å². The third-order valence-electron chi connectivity index (χ3n) is 3.96. The standard InChI is InChI=1S/C16H24N2O2/c1-17-11-8-14(9-12-17)18(2)16(19)10-13-20-15-6-4-3-5-7-15/h3-7,14H,8-13H2,1-2H3. The predicted molar refractivity (Wildman–Crippen MR) is 79.8 cm³/mol. The van der Waals surface area contributed by atoms with Gasteiger partial charge in [-0.1, -0.05) is 18.2 Å². The van der Waals surface area contributed by atoms with Crippen LogP contribution < -0.4 is 4.74 Å². The van der Waals surface area contributed by atoms with Gasteiger partial charge < -0.3 is 14.5 Å². The second kappa shape index (κ2) is 7.29. The van der Waals surface area contributed by atoms with Gasteiger partial charge in [0.15, 0.2) is 0 Å². The molecule has 0 aromatic heterocycles. The first-order valence-corrected chi connectivity index (χ1v) is 7.29. The lowest BCUT2D eigenvalue weighted by Gasteiger charge is -2.35. The topological polar surface area (TPSA) is 32.8 Å². The fraction of sp³-hybridized carbons (Fsp3) is 0.562. The molecule has 2 rings (SSSR count). The van der Waals surface area contributed by atoms with Gasteiger partial charge in [-0.05, 0) is 45.1 Å². The van der Waals surface area contributed by atoms with E-state index in [9.17, 15) is 4.79 Å². The monoisotopic (exact) mass is 276 g/mol. The molecule has 0 radical (unpaired) electrons. The van der Waals surface area contributed by atoms with Crippen LogP contribution in [0.2, 0.25) is 0 Å². The maximum Gasteiger partial charge on any atom is 0.225 e. The van der Waals surface area contributed by atoms with E-state index in [1.807, 2.05) is 42.3 Å². The Morgan fingerprint density at radius 1 is 1.30 bits per heavy atom. The molecular formula is C16H24N2O2. The number of likely N-dealkylation sites (tertiary alicyclic amines) is 1. The lowest BCUT2D eigenvalue weighted by atomic mass is 10.0. The van der Waals surface area contributed by atoms with Crippen molar-refractivity contribution in [1.82, 2.24) is 9.80 Å². The quantitative estimate of drug-likeness (QED) is 0.824. The maximum atomic E-state index is 12.1. The van der Waals surface area contributed by atoms with Crippen molar-refractivity contribution in [3.05, 3.63) is 30.3 Å². The van der Waals surface area contributed by atoms with E-state index in [-0.39, 0.29) is 5.91 Å². The highest BCUT2D eigenvalue weighted by atomic mass is 16.5. The Morgan fingerprint density at radius 3 is 2.60 bits per heavy atom. The van der Waals surface area contributed by atoms with Crippen molar-refractivity contribution in [2.24, 2.45) is 0 Å². The molecule has 0 N–H and O–H groups in total. The highest BCUT2D eigenvalue weighted by Crippen LogP contribution is 2.15. The van der Waals surface area contributed by atoms with Crippen molar-refractivity contribution in [1.29, 1.82) is 0 Å². The number of para-hydroxylation sites is 1. The van der Waals surface area contributed by atoms with E-state index >= 15 is 0 Å². The van der Waals surface area contributed by atoms with Gasteiger partial charge in [-0.2, -0.15) is 0 Å². The Hall–Kier alpha value is -1.55. The number of hydrogen-bond acceptors (Lipinski definition) is 3.